The number of amides is 1. The lowest BCUT2D eigenvalue weighted by Crippen LogP contribution is -2.30. The lowest BCUT2D eigenvalue weighted by Gasteiger charge is -2.23. The number of nitrogens with zero attached hydrogens (tertiary/aromatic N) is 1. The van der Waals surface area contributed by atoms with Crippen LogP contribution in [0, 0.1) is 16.0 Å². The summed E-state index contributed by atoms with van der Waals surface area (Å²) in [5, 5.41) is 26.1. The van der Waals surface area contributed by atoms with Crippen molar-refractivity contribution in [3.8, 4) is 5.75 Å². The molecule has 1 aromatic rings. The SMILES string of the molecule is CC(C)[C@@H](CO)Nc1cc2c(cc1[N+](=O)[O-])OCC(=O)N2. The number of aliphatic hydroxyl groups is 1. The minimum Gasteiger partial charge on any atom is -0.481 e. The fourth-order valence-corrected chi connectivity index (χ4v) is 2.01. The van der Waals surface area contributed by atoms with E-state index in [1.54, 1.807) is 0 Å². The Morgan fingerprint density at radius 2 is 2.24 bits per heavy atom. The van der Waals surface area contributed by atoms with Gasteiger partial charge in [-0.05, 0) is 12.0 Å². The summed E-state index contributed by atoms with van der Waals surface area (Å²) in [4.78, 5) is 22.0. The summed E-state index contributed by atoms with van der Waals surface area (Å²) in [6.45, 7) is 3.46. The largest absolute Gasteiger partial charge is 0.481 e. The Bertz CT molecular complexity index is 573. The molecule has 0 saturated heterocycles. The van der Waals surface area contributed by atoms with Crippen LogP contribution in [-0.4, -0.2) is 35.2 Å². The highest BCUT2D eigenvalue weighted by Crippen LogP contribution is 2.38. The Morgan fingerprint density at radius 3 is 2.81 bits per heavy atom. The molecule has 1 aliphatic rings. The number of benzene rings is 1. The highest BCUT2D eigenvalue weighted by Gasteiger charge is 2.25. The van der Waals surface area contributed by atoms with Gasteiger partial charge in [-0.3, -0.25) is 14.9 Å². The molecule has 8 heteroatoms. The number of nitrogens with one attached hydrogen (secondary N) is 2. The minimum atomic E-state index is -0.531. The summed E-state index contributed by atoms with van der Waals surface area (Å²) in [5.41, 5.74) is 0.445. The fourth-order valence-electron chi connectivity index (χ4n) is 2.01. The molecule has 0 bridgehead atoms. The van der Waals surface area contributed by atoms with E-state index in [-0.39, 0.29) is 48.2 Å². The first-order valence-corrected chi connectivity index (χ1v) is 6.55. The first-order valence-electron chi connectivity index (χ1n) is 6.55. The lowest BCUT2D eigenvalue weighted by molar-refractivity contribution is -0.384. The molecule has 0 spiro atoms. The van der Waals surface area contributed by atoms with Crippen LogP contribution in [-0.2, 0) is 4.79 Å². The van der Waals surface area contributed by atoms with E-state index in [4.69, 9.17) is 4.74 Å². The van der Waals surface area contributed by atoms with Crippen LogP contribution in [0.15, 0.2) is 12.1 Å². The molecule has 0 saturated carbocycles. The predicted octanol–water partition coefficient (Wildman–Crippen LogP) is 1.35. The van der Waals surface area contributed by atoms with Crippen molar-refractivity contribution in [1.29, 1.82) is 0 Å². The van der Waals surface area contributed by atoms with Gasteiger partial charge in [0.2, 0.25) is 0 Å². The normalized spacial score (nSPS) is 15.0. The monoisotopic (exact) mass is 295 g/mol. The van der Waals surface area contributed by atoms with Crippen LogP contribution in [0.5, 0.6) is 5.75 Å². The number of carbonyl (C=O) groups excluding carboxylic acids is 1. The zero-order chi connectivity index (χ0) is 15.6. The first kappa shape index (κ1) is 15.0. The number of nitro benzene ring substituents is 1. The molecule has 1 heterocycles. The molecule has 0 fully saturated rings. The molecule has 1 amide bonds. The molecule has 1 atom stereocenters. The van der Waals surface area contributed by atoms with Gasteiger partial charge in [-0.15, -0.1) is 0 Å². The van der Waals surface area contributed by atoms with E-state index in [2.05, 4.69) is 10.6 Å². The fraction of sp³-hybridized carbons (Fsp3) is 0.462. The molecule has 0 radical (unpaired) electrons. The van der Waals surface area contributed by atoms with Gasteiger partial charge in [0.1, 0.15) is 5.69 Å². The molecule has 114 valence electrons. The van der Waals surface area contributed by atoms with Crippen LogP contribution in [0.3, 0.4) is 0 Å². The van der Waals surface area contributed by atoms with E-state index >= 15 is 0 Å². The Kier molecular flexibility index (Phi) is 4.27. The van der Waals surface area contributed by atoms with Crippen molar-refractivity contribution >= 4 is 23.0 Å². The van der Waals surface area contributed by atoms with Crippen LogP contribution < -0.4 is 15.4 Å². The van der Waals surface area contributed by atoms with E-state index < -0.39 is 4.92 Å². The van der Waals surface area contributed by atoms with Gasteiger partial charge in [0.25, 0.3) is 11.6 Å². The van der Waals surface area contributed by atoms with Crippen molar-refractivity contribution in [3.63, 3.8) is 0 Å². The number of carbonyl (C=O) groups is 1. The van der Waals surface area contributed by atoms with E-state index in [1.807, 2.05) is 13.8 Å². The number of hydrogen-bond acceptors (Lipinski definition) is 6. The lowest BCUT2D eigenvalue weighted by atomic mass is 10.0. The number of hydrogen-bond donors (Lipinski definition) is 3. The van der Waals surface area contributed by atoms with Crippen LogP contribution in [0.4, 0.5) is 17.1 Å². The Balaban J connectivity index is 2.40. The number of anilines is 2. The molecule has 21 heavy (non-hydrogen) atoms. The van der Waals surface area contributed by atoms with Gasteiger partial charge in [-0.25, -0.2) is 0 Å². The molecule has 1 aromatic carbocycles. The quantitative estimate of drug-likeness (QED) is 0.558. The van der Waals surface area contributed by atoms with Crippen molar-refractivity contribution in [2.45, 2.75) is 19.9 Å². The minimum absolute atomic E-state index is 0.0801. The summed E-state index contributed by atoms with van der Waals surface area (Å²) in [5.74, 6) is 0.0262. The average Bonchev–Trinajstić information content (AvgIpc) is 2.43. The first-order chi connectivity index (χ1) is 9.92. The van der Waals surface area contributed by atoms with Crippen molar-refractivity contribution in [1.82, 2.24) is 0 Å². The number of rotatable bonds is 5. The van der Waals surface area contributed by atoms with Crippen LogP contribution in [0.25, 0.3) is 0 Å². The summed E-state index contributed by atoms with van der Waals surface area (Å²) in [6, 6.07) is 2.39. The summed E-state index contributed by atoms with van der Waals surface area (Å²) in [7, 11) is 0. The number of nitro groups is 1. The van der Waals surface area contributed by atoms with E-state index in [0.717, 1.165) is 0 Å². The van der Waals surface area contributed by atoms with Gasteiger partial charge < -0.3 is 20.5 Å². The Hall–Kier alpha value is -2.35. The van der Waals surface area contributed by atoms with Crippen LogP contribution in [0.1, 0.15) is 13.8 Å². The molecule has 0 unspecified atom stereocenters. The molecule has 2 rings (SSSR count). The van der Waals surface area contributed by atoms with Gasteiger partial charge in [0.05, 0.1) is 29.3 Å². The Morgan fingerprint density at radius 1 is 1.52 bits per heavy atom. The van der Waals surface area contributed by atoms with Gasteiger partial charge in [0.15, 0.2) is 12.4 Å². The molecule has 0 aromatic heterocycles. The third-order valence-corrected chi connectivity index (χ3v) is 3.27. The molecular formula is C13H17N3O5. The molecule has 3 N–H and O–H groups in total. The standard InChI is InChI=1S/C13H17N3O5/c1-7(2)10(5-17)14-8-3-9-12(4-11(8)16(19)20)21-6-13(18)15-9/h3-4,7,10,14,17H,5-6H2,1-2H3,(H,15,18)/t10-/m1/s1. The zero-order valence-corrected chi connectivity index (χ0v) is 11.8. The highest BCUT2D eigenvalue weighted by atomic mass is 16.6. The molecule has 8 nitrogen and oxygen atoms in total. The number of fused-ring (bicyclic) bond motifs is 1. The maximum Gasteiger partial charge on any atom is 0.296 e. The van der Waals surface area contributed by atoms with Crippen molar-refractivity contribution in [2.75, 3.05) is 23.8 Å². The Labute approximate surface area is 121 Å². The van der Waals surface area contributed by atoms with Gasteiger partial charge in [-0.2, -0.15) is 0 Å². The second kappa shape index (κ2) is 5.96. The van der Waals surface area contributed by atoms with Crippen molar-refractivity contribution in [2.24, 2.45) is 5.92 Å². The molecular weight excluding hydrogens is 278 g/mol. The summed E-state index contributed by atoms with van der Waals surface area (Å²) < 4.78 is 5.17. The van der Waals surface area contributed by atoms with Crippen molar-refractivity contribution < 1.29 is 19.6 Å². The van der Waals surface area contributed by atoms with Gasteiger partial charge in [0, 0.05) is 0 Å². The smallest absolute Gasteiger partial charge is 0.296 e. The zero-order valence-electron chi connectivity index (χ0n) is 11.8. The predicted molar refractivity (Wildman–Crippen MR) is 76.6 cm³/mol. The van der Waals surface area contributed by atoms with Crippen LogP contribution in [0.2, 0.25) is 0 Å². The highest BCUT2D eigenvalue weighted by molar-refractivity contribution is 5.96. The molecule has 0 aliphatic carbocycles. The number of aliphatic hydroxyl groups excluding tert-OH is 1. The van der Waals surface area contributed by atoms with Gasteiger partial charge in [-0.1, -0.05) is 13.8 Å². The number of ether oxygens (including phenoxy) is 1. The topological polar surface area (TPSA) is 114 Å². The average molecular weight is 295 g/mol. The van der Waals surface area contributed by atoms with Crippen molar-refractivity contribution in [3.05, 3.63) is 22.2 Å². The maximum absolute atomic E-state index is 11.3. The van der Waals surface area contributed by atoms with E-state index in [1.165, 1.54) is 12.1 Å². The van der Waals surface area contributed by atoms with E-state index in [0.29, 0.717) is 5.69 Å². The summed E-state index contributed by atoms with van der Waals surface area (Å²) >= 11 is 0. The van der Waals surface area contributed by atoms with E-state index in [9.17, 15) is 20.0 Å². The third-order valence-electron chi connectivity index (χ3n) is 3.27. The second-order valence-electron chi connectivity index (χ2n) is 5.14. The van der Waals surface area contributed by atoms with Gasteiger partial charge >= 0.3 is 0 Å². The van der Waals surface area contributed by atoms with Crippen LogP contribution >= 0.6 is 0 Å². The maximum atomic E-state index is 11.3. The molecule has 1 aliphatic heterocycles. The summed E-state index contributed by atoms with van der Waals surface area (Å²) in [6.07, 6.45) is 0. The third kappa shape index (κ3) is 3.22. The second-order valence-corrected chi connectivity index (χ2v) is 5.14.